The van der Waals surface area contributed by atoms with Gasteiger partial charge in [0, 0.05) is 11.0 Å². The molecule has 0 amide bonds. The van der Waals surface area contributed by atoms with Gasteiger partial charge in [0.15, 0.2) is 11.5 Å². The number of pyridine rings is 1. The normalized spacial score (nSPS) is 15.0. The van der Waals surface area contributed by atoms with Crippen LogP contribution in [0.1, 0.15) is 43.0 Å². The van der Waals surface area contributed by atoms with Crippen LogP contribution in [0, 0.1) is 0 Å². The highest BCUT2D eigenvalue weighted by Crippen LogP contribution is 2.41. The Labute approximate surface area is 180 Å². The lowest BCUT2D eigenvalue weighted by Gasteiger charge is -2.26. The SMILES string of the molecule is CSc1cc(C2CCC2)ccc1Nc1cc(N)nc2c1nc(C(F)F)n2PI. The van der Waals surface area contributed by atoms with Crippen LogP contribution in [-0.2, 0) is 0 Å². The summed E-state index contributed by atoms with van der Waals surface area (Å²) in [4.78, 5) is 9.53. The topological polar surface area (TPSA) is 68.8 Å². The molecule has 3 aromatic rings. The Balaban J connectivity index is 1.77. The second-order valence-electron chi connectivity index (χ2n) is 6.67. The van der Waals surface area contributed by atoms with Crippen LogP contribution in [0.5, 0.6) is 0 Å². The van der Waals surface area contributed by atoms with E-state index in [0.29, 0.717) is 22.8 Å². The minimum absolute atomic E-state index is 0.0541. The van der Waals surface area contributed by atoms with Crippen molar-refractivity contribution in [1.82, 2.24) is 14.3 Å². The van der Waals surface area contributed by atoms with Crippen molar-refractivity contribution in [1.29, 1.82) is 0 Å². The molecule has 1 aliphatic carbocycles. The van der Waals surface area contributed by atoms with Gasteiger partial charge in [0.25, 0.3) is 6.43 Å². The molecule has 0 saturated heterocycles. The van der Waals surface area contributed by atoms with Gasteiger partial charge < -0.3 is 11.1 Å². The third kappa shape index (κ3) is 3.68. The van der Waals surface area contributed by atoms with Crippen molar-refractivity contribution in [2.75, 3.05) is 17.3 Å². The number of nitrogen functional groups attached to an aromatic ring is 1. The molecule has 2 heterocycles. The van der Waals surface area contributed by atoms with Gasteiger partial charge in [-0.25, -0.2) is 18.7 Å². The molecule has 1 aliphatic rings. The predicted molar refractivity (Wildman–Crippen MR) is 123 cm³/mol. The molecule has 1 aromatic carbocycles. The first-order valence-electron chi connectivity index (χ1n) is 8.80. The highest BCUT2D eigenvalue weighted by molar-refractivity contribution is 14.2. The van der Waals surface area contributed by atoms with Crippen LogP contribution < -0.4 is 11.1 Å². The summed E-state index contributed by atoms with van der Waals surface area (Å²) in [7, 11) is 0. The molecule has 1 saturated carbocycles. The van der Waals surface area contributed by atoms with Gasteiger partial charge in [-0.2, -0.15) is 0 Å². The molecule has 0 radical (unpaired) electrons. The lowest BCUT2D eigenvalue weighted by molar-refractivity contribution is 0.140. The highest BCUT2D eigenvalue weighted by Gasteiger charge is 2.23. The number of hydrogen-bond donors (Lipinski definition) is 2. The number of benzene rings is 1. The van der Waals surface area contributed by atoms with Crippen LogP contribution in [-0.4, -0.2) is 20.6 Å². The molecule has 4 rings (SSSR count). The fourth-order valence-corrected chi connectivity index (χ4v) is 5.85. The Morgan fingerprint density at radius 1 is 1.29 bits per heavy atom. The van der Waals surface area contributed by atoms with Gasteiger partial charge in [-0.05, 0) is 64.8 Å². The molecule has 0 bridgehead atoms. The van der Waals surface area contributed by atoms with Crippen molar-refractivity contribution in [3.63, 3.8) is 0 Å². The maximum Gasteiger partial charge on any atom is 0.295 e. The van der Waals surface area contributed by atoms with Crippen molar-refractivity contribution >= 4 is 68.5 Å². The van der Waals surface area contributed by atoms with Crippen molar-refractivity contribution in [2.45, 2.75) is 36.5 Å². The van der Waals surface area contributed by atoms with Crippen LogP contribution in [0.25, 0.3) is 11.2 Å². The zero-order valence-corrected chi connectivity index (χ0v) is 19.0. The highest BCUT2D eigenvalue weighted by atomic mass is 127. The fourth-order valence-electron chi connectivity index (χ4n) is 3.36. The molecule has 1 fully saturated rings. The summed E-state index contributed by atoms with van der Waals surface area (Å²) >= 11 is 3.70. The zero-order chi connectivity index (χ0) is 19.8. The largest absolute Gasteiger partial charge is 0.384 e. The molecule has 1 atom stereocenters. The lowest BCUT2D eigenvalue weighted by Crippen LogP contribution is -2.09. The number of halogens is 3. The van der Waals surface area contributed by atoms with E-state index in [4.69, 9.17) is 5.73 Å². The number of rotatable bonds is 6. The molecule has 3 N–H and O–H groups in total. The number of nitrogens with one attached hydrogen (secondary N) is 1. The molecule has 0 spiro atoms. The maximum absolute atomic E-state index is 13.4. The average Bonchev–Trinajstić information content (AvgIpc) is 3.00. The molecule has 5 nitrogen and oxygen atoms in total. The number of nitrogens with two attached hydrogens (primary N) is 1. The van der Waals surface area contributed by atoms with E-state index in [0.717, 1.165) is 10.6 Å². The summed E-state index contributed by atoms with van der Waals surface area (Å²) in [6.45, 7) is 0. The van der Waals surface area contributed by atoms with Gasteiger partial charge in [-0.15, -0.1) is 11.8 Å². The molecule has 28 heavy (non-hydrogen) atoms. The van der Waals surface area contributed by atoms with E-state index in [-0.39, 0.29) is 18.0 Å². The minimum Gasteiger partial charge on any atom is -0.384 e. The summed E-state index contributed by atoms with van der Waals surface area (Å²) in [5.41, 5.74) is 9.60. The van der Waals surface area contributed by atoms with E-state index >= 15 is 0 Å². The number of alkyl halides is 2. The van der Waals surface area contributed by atoms with Crippen LogP contribution in [0.4, 0.5) is 26.0 Å². The van der Waals surface area contributed by atoms with E-state index in [1.54, 1.807) is 17.8 Å². The summed E-state index contributed by atoms with van der Waals surface area (Å²) in [5, 5.41) is 3.35. The second-order valence-corrected chi connectivity index (χ2v) is 9.58. The quantitative estimate of drug-likeness (QED) is 0.216. The summed E-state index contributed by atoms with van der Waals surface area (Å²) in [6.07, 6.45) is 3.19. The maximum atomic E-state index is 13.4. The van der Waals surface area contributed by atoms with Gasteiger partial charge in [0.1, 0.15) is 11.3 Å². The smallest absolute Gasteiger partial charge is 0.295 e. The van der Waals surface area contributed by atoms with Crippen LogP contribution >= 0.6 is 40.2 Å². The molecule has 148 valence electrons. The number of imidazole rings is 1. The predicted octanol–water partition coefficient (Wildman–Crippen LogP) is 6.48. The van der Waals surface area contributed by atoms with E-state index < -0.39 is 6.43 Å². The van der Waals surface area contributed by atoms with Gasteiger partial charge in [0.05, 0.1) is 17.7 Å². The molecule has 0 aliphatic heterocycles. The van der Waals surface area contributed by atoms with Crippen molar-refractivity contribution in [3.8, 4) is 0 Å². The van der Waals surface area contributed by atoms with E-state index in [2.05, 4.69) is 27.4 Å². The summed E-state index contributed by atoms with van der Waals surface area (Å²) in [6, 6.07) is 8.05. The van der Waals surface area contributed by atoms with Gasteiger partial charge in [0.2, 0.25) is 0 Å². The lowest BCUT2D eigenvalue weighted by atomic mass is 9.80. The van der Waals surface area contributed by atoms with Crippen molar-refractivity contribution < 1.29 is 8.78 Å². The van der Waals surface area contributed by atoms with Crippen LogP contribution in [0.2, 0.25) is 0 Å². The van der Waals surface area contributed by atoms with Crippen LogP contribution in [0.15, 0.2) is 29.2 Å². The first kappa shape index (κ1) is 20.1. The third-order valence-electron chi connectivity index (χ3n) is 5.01. The first-order valence-corrected chi connectivity index (χ1v) is 14.1. The number of nitrogens with zero attached hydrogens (tertiary/aromatic N) is 3. The molecular weight excluding hydrogens is 514 g/mol. The van der Waals surface area contributed by atoms with Gasteiger partial charge in [-0.3, -0.25) is 4.34 Å². The standard InChI is InChI=1S/C18H19F2IN5PS/c1-28-13-7-10(9-3-2-4-9)5-6-11(13)23-12-8-14(22)24-17-15(12)25-18(16(19)20)26(17)27-21/h5-9,16,27H,2-4H2,1H3,(H3,22,23,24). The fraction of sp³-hybridized carbons (Fsp3) is 0.333. The van der Waals surface area contributed by atoms with E-state index in [9.17, 15) is 8.78 Å². The van der Waals surface area contributed by atoms with E-state index in [1.807, 2.05) is 34.4 Å². The van der Waals surface area contributed by atoms with Gasteiger partial charge in [-0.1, -0.05) is 12.5 Å². The first-order chi connectivity index (χ1) is 13.5. The number of hydrogen-bond acceptors (Lipinski definition) is 5. The minimum atomic E-state index is -2.67. The number of anilines is 3. The van der Waals surface area contributed by atoms with E-state index in [1.165, 1.54) is 29.2 Å². The Morgan fingerprint density at radius 3 is 2.68 bits per heavy atom. The zero-order valence-electron chi connectivity index (χ0n) is 15.0. The number of fused-ring (bicyclic) bond motifs is 1. The molecule has 10 heteroatoms. The monoisotopic (exact) mass is 533 g/mol. The number of thioether (sulfide) groups is 1. The Kier molecular flexibility index (Phi) is 5.94. The van der Waals surface area contributed by atoms with Gasteiger partial charge >= 0.3 is 0 Å². The number of aromatic nitrogens is 3. The Hall–Kier alpha value is -1.19. The van der Waals surface area contributed by atoms with Crippen LogP contribution in [0.3, 0.4) is 0 Å². The molecule has 2 aromatic heterocycles. The third-order valence-corrected chi connectivity index (χ3v) is 7.85. The average molecular weight is 533 g/mol. The summed E-state index contributed by atoms with van der Waals surface area (Å²) < 4.78 is 28.3. The summed E-state index contributed by atoms with van der Waals surface area (Å²) in [5.74, 6) is 0.634. The Morgan fingerprint density at radius 2 is 2.07 bits per heavy atom. The van der Waals surface area contributed by atoms with Crippen molar-refractivity contribution in [3.05, 3.63) is 35.7 Å². The Bertz CT molecular complexity index is 1020. The molecule has 1 unspecified atom stereocenters. The molecular formula is C18H19F2IN5PS. The second kappa shape index (κ2) is 8.28. The van der Waals surface area contributed by atoms with Crippen molar-refractivity contribution in [2.24, 2.45) is 0 Å².